The van der Waals surface area contributed by atoms with E-state index in [-0.39, 0.29) is 0 Å². The summed E-state index contributed by atoms with van der Waals surface area (Å²) in [4.78, 5) is 11.4. The van der Waals surface area contributed by atoms with E-state index in [0.29, 0.717) is 18.5 Å². The van der Waals surface area contributed by atoms with Gasteiger partial charge in [-0.15, -0.1) is 0 Å². The smallest absolute Gasteiger partial charge is 0.191 e. The Balaban J connectivity index is 1.52. The second-order valence-corrected chi connectivity index (χ2v) is 7.72. The van der Waals surface area contributed by atoms with Gasteiger partial charge in [0.15, 0.2) is 5.96 Å². The van der Waals surface area contributed by atoms with Crippen molar-refractivity contribution in [3.63, 3.8) is 0 Å². The molecule has 1 atom stereocenters. The lowest BCUT2D eigenvalue weighted by atomic mass is 10.0. The van der Waals surface area contributed by atoms with Crippen LogP contribution in [-0.2, 0) is 17.8 Å². The first kappa shape index (κ1) is 21.3. The summed E-state index contributed by atoms with van der Waals surface area (Å²) in [5, 5.41) is 6.91. The van der Waals surface area contributed by atoms with Gasteiger partial charge in [-0.25, -0.2) is 4.98 Å². The molecule has 2 heterocycles. The van der Waals surface area contributed by atoms with E-state index in [0.717, 1.165) is 51.2 Å². The normalized spacial score (nSPS) is 16.8. The number of aromatic nitrogens is 2. The molecule has 0 spiro atoms. The summed E-state index contributed by atoms with van der Waals surface area (Å²) in [5.41, 5.74) is 1.26. The molecule has 2 aromatic rings. The second kappa shape index (κ2) is 11.0. The van der Waals surface area contributed by atoms with Crippen LogP contribution in [0.25, 0.3) is 0 Å². The molecular formula is C22H34N6O. The zero-order valence-corrected chi connectivity index (χ0v) is 17.8. The van der Waals surface area contributed by atoms with Gasteiger partial charge in [-0.2, -0.15) is 0 Å². The Labute approximate surface area is 174 Å². The fourth-order valence-corrected chi connectivity index (χ4v) is 3.71. The Kier molecular flexibility index (Phi) is 8.07. The predicted octanol–water partition coefficient (Wildman–Crippen LogP) is 1.95. The lowest BCUT2D eigenvalue weighted by Crippen LogP contribution is -2.52. The number of nitrogens with zero attached hydrogens (tertiary/aromatic N) is 4. The molecule has 1 aromatic heterocycles. The minimum atomic E-state index is 0.456. The van der Waals surface area contributed by atoms with Crippen molar-refractivity contribution in [2.75, 3.05) is 39.9 Å². The molecule has 1 aromatic carbocycles. The van der Waals surface area contributed by atoms with Crippen LogP contribution in [0.15, 0.2) is 47.7 Å². The minimum Gasteiger partial charge on any atom is -0.379 e. The standard InChI is InChI=1S/C22H34N6O/c1-18(2)20(27-11-13-29-14-12-27)15-25-22(23-3)26-16-21-24-9-10-28(21)17-19-7-5-4-6-8-19/h4-10,18,20H,11-17H2,1-3H3,(H2,23,25,26). The fourth-order valence-electron chi connectivity index (χ4n) is 3.71. The van der Waals surface area contributed by atoms with Crippen LogP contribution in [0, 0.1) is 5.92 Å². The Morgan fingerprint density at radius 3 is 2.62 bits per heavy atom. The van der Waals surface area contributed by atoms with E-state index < -0.39 is 0 Å². The van der Waals surface area contributed by atoms with Crippen LogP contribution in [-0.4, -0.2) is 66.3 Å². The van der Waals surface area contributed by atoms with Crippen molar-refractivity contribution in [2.24, 2.45) is 10.9 Å². The number of ether oxygens (including phenoxy) is 1. The van der Waals surface area contributed by atoms with Crippen molar-refractivity contribution < 1.29 is 4.74 Å². The second-order valence-electron chi connectivity index (χ2n) is 7.72. The number of rotatable bonds is 8. The molecule has 7 nitrogen and oxygen atoms in total. The lowest BCUT2D eigenvalue weighted by molar-refractivity contribution is 0.00752. The third-order valence-corrected chi connectivity index (χ3v) is 5.40. The van der Waals surface area contributed by atoms with E-state index in [1.807, 2.05) is 25.5 Å². The molecule has 158 valence electrons. The highest BCUT2D eigenvalue weighted by molar-refractivity contribution is 5.79. The Morgan fingerprint density at radius 1 is 1.17 bits per heavy atom. The van der Waals surface area contributed by atoms with Crippen LogP contribution in [0.1, 0.15) is 25.2 Å². The van der Waals surface area contributed by atoms with E-state index in [9.17, 15) is 0 Å². The Bertz CT molecular complexity index is 752. The summed E-state index contributed by atoms with van der Waals surface area (Å²) in [6, 6.07) is 10.9. The molecule has 2 N–H and O–H groups in total. The van der Waals surface area contributed by atoms with Crippen LogP contribution < -0.4 is 10.6 Å². The Morgan fingerprint density at radius 2 is 1.93 bits per heavy atom. The van der Waals surface area contributed by atoms with E-state index in [1.165, 1.54) is 5.56 Å². The van der Waals surface area contributed by atoms with Crippen molar-refractivity contribution >= 4 is 5.96 Å². The van der Waals surface area contributed by atoms with Crippen LogP contribution >= 0.6 is 0 Å². The molecule has 29 heavy (non-hydrogen) atoms. The number of hydrogen-bond donors (Lipinski definition) is 2. The number of guanidine groups is 1. The first-order valence-electron chi connectivity index (χ1n) is 10.5. The molecule has 1 aliphatic heterocycles. The first-order valence-corrected chi connectivity index (χ1v) is 10.5. The summed E-state index contributed by atoms with van der Waals surface area (Å²) in [6.07, 6.45) is 3.87. The van der Waals surface area contributed by atoms with E-state index in [4.69, 9.17) is 4.74 Å². The molecule has 3 rings (SSSR count). The molecule has 1 saturated heterocycles. The number of aliphatic imine (C=N–C) groups is 1. The van der Waals surface area contributed by atoms with Gasteiger partial charge in [-0.05, 0) is 11.5 Å². The van der Waals surface area contributed by atoms with Crippen molar-refractivity contribution in [3.05, 3.63) is 54.1 Å². The summed E-state index contributed by atoms with van der Waals surface area (Å²) < 4.78 is 7.67. The number of hydrogen-bond acceptors (Lipinski definition) is 4. The summed E-state index contributed by atoms with van der Waals surface area (Å²) in [7, 11) is 1.81. The molecular weight excluding hydrogens is 364 g/mol. The maximum Gasteiger partial charge on any atom is 0.191 e. The van der Waals surface area contributed by atoms with Crippen molar-refractivity contribution in [2.45, 2.75) is 33.0 Å². The van der Waals surface area contributed by atoms with Gasteiger partial charge in [0.05, 0.1) is 19.8 Å². The minimum absolute atomic E-state index is 0.456. The molecule has 0 radical (unpaired) electrons. The van der Waals surface area contributed by atoms with Gasteiger partial charge in [-0.3, -0.25) is 9.89 Å². The average Bonchev–Trinajstić information content (AvgIpc) is 3.18. The van der Waals surface area contributed by atoms with Gasteiger partial charge >= 0.3 is 0 Å². The number of imidazole rings is 1. The topological polar surface area (TPSA) is 66.7 Å². The van der Waals surface area contributed by atoms with Crippen molar-refractivity contribution in [1.82, 2.24) is 25.1 Å². The monoisotopic (exact) mass is 398 g/mol. The zero-order valence-electron chi connectivity index (χ0n) is 17.8. The number of benzene rings is 1. The lowest BCUT2D eigenvalue weighted by Gasteiger charge is -2.37. The van der Waals surface area contributed by atoms with Crippen LogP contribution in [0.2, 0.25) is 0 Å². The van der Waals surface area contributed by atoms with E-state index in [1.54, 1.807) is 0 Å². The van der Waals surface area contributed by atoms with E-state index >= 15 is 0 Å². The largest absolute Gasteiger partial charge is 0.379 e. The summed E-state index contributed by atoms with van der Waals surface area (Å²) >= 11 is 0. The van der Waals surface area contributed by atoms with Crippen molar-refractivity contribution in [3.8, 4) is 0 Å². The highest BCUT2D eigenvalue weighted by Gasteiger charge is 2.23. The van der Waals surface area contributed by atoms with Gasteiger partial charge < -0.3 is 19.9 Å². The van der Waals surface area contributed by atoms with Gasteiger partial charge in [0.2, 0.25) is 0 Å². The first-order chi connectivity index (χ1) is 14.2. The van der Waals surface area contributed by atoms with Crippen molar-refractivity contribution in [1.29, 1.82) is 0 Å². The third kappa shape index (κ3) is 6.30. The highest BCUT2D eigenvalue weighted by Crippen LogP contribution is 2.12. The Hall–Kier alpha value is -2.38. The SMILES string of the molecule is CN=C(NCc1nccn1Cc1ccccc1)NCC(C(C)C)N1CCOCC1. The highest BCUT2D eigenvalue weighted by atomic mass is 16.5. The quantitative estimate of drug-likeness (QED) is 0.526. The molecule has 0 bridgehead atoms. The molecule has 0 aliphatic carbocycles. The third-order valence-electron chi connectivity index (χ3n) is 5.40. The van der Waals surface area contributed by atoms with Gasteiger partial charge in [0, 0.05) is 51.7 Å². The fraction of sp³-hybridized carbons (Fsp3) is 0.545. The average molecular weight is 399 g/mol. The summed E-state index contributed by atoms with van der Waals surface area (Å²) in [5.74, 6) is 2.35. The molecule has 0 saturated carbocycles. The molecule has 1 aliphatic rings. The van der Waals surface area contributed by atoms with Gasteiger partial charge in [-0.1, -0.05) is 44.2 Å². The van der Waals surface area contributed by atoms with E-state index in [2.05, 4.69) is 68.2 Å². The maximum atomic E-state index is 5.50. The number of nitrogens with one attached hydrogen (secondary N) is 2. The van der Waals surface area contributed by atoms with Crippen LogP contribution in [0.3, 0.4) is 0 Å². The van der Waals surface area contributed by atoms with Gasteiger partial charge in [0.1, 0.15) is 5.82 Å². The predicted molar refractivity (Wildman–Crippen MR) is 117 cm³/mol. The maximum absolute atomic E-state index is 5.50. The zero-order chi connectivity index (χ0) is 20.5. The molecule has 1 fully saturated rings. The van der Waals surface area contributed by atoms with Crippen LogP contribution in [0.4, 0.5) is 0 Å². The molecule has 1 unspecified atom stereocenters. The molecule has 7 heteroatoms. The molecule has 0 amide bonds. The number of morpholine rings is 1. The van der Waals surface area contributed by atoms with Gasteiger partial charge in [0.25, 0.3) is 0 Å². The van der Waals surface area contributed by atoms with Crippen LogP contribution in [0.5, 0.6) is 0 Å². The summed E-state index contributed by atoms with van der Waals surface area (Å²) in [6.45, 7) is 10.5.